The molecular formula is C26H26FN5O4S. The van der Waals surface area contributed by atoms with Crippen LogP contribution in [-0.2, 0) is 21.5 Å². The van der Waals surface area contributed by atoms with Gasteiger partial charge in [0.05, 0.1) is 31.1 Å². The van der Waals surface area contributed by atoms with E-state index >= 15 is 4.39 Å². The number of amidine groups is 1. The smallest absolute Gasteiger partial charge is 0.239 e. The van der Waals surface area contributed by atoms with Crippen molar-refractivity contribution in [3.05, 3.63) is 53.2 Å². The van der Waals surface area contributed by atoms with Crippen molar-refractivity contribution in [1.29, 1.82) is 0 Å². The predicted molar refractivity (Wildman–Crippen MR) is 136 cm³/mol. The topological polar surface area (TPSA) is 120 Å². The Bertz CT molecular complexity index is 1310. The minimum atomic E-state index is -1.05. The van der Waals surface area contributed by atoms with Gasteiger partial charge in [0.15, 0.2) is 17.6 Å². The predicted octanol–water partition coefficient (Wildman–Crippen LogP) is 1.95. The van der Waals surface area contributed by atoms with Crippen LogP contribution in [0.25, 0.3) is 0 Å². The summed E-state index contributed by atoms with van der Waals surface area (Å²) in [6.07, 6.45) is 8.33. The molecule has 0 radical (unpaired) electrons. The van der Waals surface area contributed by atoms with Gasteiger partial charge < -0.3 is 20.1 Å². The summed E-state index contributed by atoms with van der Waals surface area (Å²) in [5, 5.41) is 0.251. The number of fused-ring (bicyclic) bond motifs is 1. The van der Waals surface area contributed by atoms with Crippen molar-refractivity contribution in [3.8, 4) is 18.2 Å². The highest BCUT2D eigenvalue weighted by molar-refractivity contribution is 8.15. The Labute approximate surface area is 218 Å². The average molecular weight is 524 g/mol. The molecule has 1 aliphatic carbocycles. The van der Waals surface area contributed by atoms with Crippen LogP contribution in [0.4, 0.5) is 4.39 Å². The van der Waals surface area contributed by atoms with E-state index in [0.717, 1.165) is 0 Å². The number of aromatic nitrogens is 2. The lowest BCUT2D eigenvalue weighted by molar-refractivity contribution is -0.135. The van der Waals surface area contributed by atoms with Crippen LogP contribution >= 0.6 is 11.8 Å². The van der Waals surface area contributed by atoms with E-state index in [0.29, 0.717) is 43.9 Å². The zero-order chi connectivity index (χ0) is 26.2. The van der Waals surface area contributed by atoms with Gasteiger partial charge in [-0.1, -0.05) is 23.7 Å². The number of ketones is 1. The minimum absolute atomic E-state index is 0.00476. The van der Waals surface area contributed by atoms with Gasteiger partial charge in [-0.25, -0.2) is 14.4 Å². The summed E-state index contributed by atoms with van der Waals surface area (Å²) in [4.78, 5) is 40.9. The van der Waals surface area contributed by atoms with Crippen LogP contribution in [0.5, 0.6) is 5.88 Å². The molecule has 5 rings (SSSR count). The van der Waals surface area contributed by atoms with E-state index in [1.807, 2.05) is 6.92 Å². The van der Waals surface area contributed by atoms with E-state index in [9.17, 15) is 9.59 Å². The molecule has 0 spiro atoms. The number of aliphatic imine (C=N–C) groups is 1. The molecule has 1 aromatic heterocycles. The second kappa shape index (κ2) is 9.76. The summed E-state index contributed by atoms with van der Waals surface area (Å²) in [5.74, 6) is 1.57. The Kier molecular flexibility index (Phi) is 6.64. The first kappa shape index (κ1) is 25.2. The molecule has 2 N–H and O–H groups in total. The number of hydrogen-bond acceptors (Lipinski definition) is 9. The normalized spacial score (nSPS) is 26.5. The third-order valence-electron chi connectivity index (χ3n) is 7.04. The van der Waals surface area contributed by atoms with Crippen LogP contribution in [0.2, 0.25) is 0 Å². The van der Waals surface area contributed by atoms with Crippen molar-refractivity contribution < 1.29 is 23.5 Å². The first-order chi connectivity index (χ1) is 17.8. The molecule has 3 heterocycles. The lowest BCUT2D eigenvalue weighted by Gasteiger charge is -2.37. The van der Waals surface area contributed by atoms with Crippen molar-refractivity contribution in [2.75, 3.05) is 32.9 Å². The van der Waals surface area contributed by atoms with Crippen molar-refractivity contribution in [3.63, 3.8) is 0 Å². The van der Waals surface area contributed by atoms with E-state index in [4.69, 9.17) is 21.6 Å². The Hall–Kier alpha value is -3.49. The molecule has 3 aliphatic rings. The number of halogens is 1. The Morgan fingerprint density at radius 1 is 1.32 bits per heavy atom. The number of hydrogen-bond donors (Lipinski definition) is 1. The number of thioether (sulfide) groups is 1. The number of rotatable bonds is 7. The maximum Gasteiger partial charge on any atom is 0.239 e. The number of carbonyl (C=O) groups excluding carboxylic acids is 2. The highest BCUT2D eigenvalue weighted by Crippen LogP contribution is 2.66. The van der Waals surface area contributed by atoms with Gasteiger partial charge in [0, 0.05) is 31.0 Å². The number of carbonyl (C=O) groups is 2. The molecule has 3 atom stereocenters. The summed E-state index contributed by atoms with van der Waals surface area (Å²) in [7, 11) is 0. The molecule has 1 amide bonds. The van der Waals surface area contributed by atoms with Gasteiger partial charge in [-0.3, -0.25) is 14.6 Å². The molecule has 2 aliphatic heterocycles. The number of benzene rings is 1. The summed E-state index contributed by atoms with van der Waals surface area (Å²) >= 11 is 1.27. The van der Waals surface area contributed by atoms with Crippen LogP contribution < -0.4 is 10.5 Å². The second-order valence-corrected chi connectivity index (χ2v) is 10.7. The first-order valence-corrected chi connectivity index (χ1v) is 12.7. The summed E-state index contributed by atoms with van der Waals surface area (Å²) in [5.41, 5.74) is 6.22. The summed E-state index contributed by atoms with van der Waals surface area (Å²) in [6.45, 7) is 3.89. The van der Waals surface area contributed by atoms with Crippen molar-refractivity contribution in [2.24, 2.45) is 16.6 Å². The maximum absolute atomic E-state index is 15.2. The summed E-state index contributed by atoms with van der Waals surface area (Å²) < 4.78 is 25.0. The van der Waals surface area contributed by atoms with Gasteiger partial charge in [-0.05, 0) is 31.0 Å². The van der Waals surface area contributed by atoms with Crippen molar-refractivity contribution >= 4 is 28.6 Å². The largest absolute Gasteiger partial charge is 0.463 e. The van der Waals surface area contributed by atoms with E-state index in [1.54, 1.807) is 17.0 Å². The number of nitrogens with two attached hydrogens (primary N) is 1. The Balaban J connectivity index is 1.38. The monoisotopic (exact) mass is 523 g/mol. The van der Waals surface area contributed by atoms with Crippen molar-refractivity contribution in [2.45, 2.75) is 30.1 Å². The third kappa shape index (κ3) is 4.67. The third-order valence-corrected chi connectivity index (χ3v) is 8.33. The number of Topliss-reactive ketones (excluding diaryl/α,β-unsaturated/α-hetero) is 1. The summed E-state index contributed by atoms with van der Waals surface area (Å²) in [6, 6.07) is 4.52. The minimum Gasteiger partial charge on any atom is -0.463 e. The fourth-order valence-electron chi connectivity index (χ4n) is 5.08. The van der Waals surface area contributed by atoms with Crippen LogP contribution in [-0.4, -0.2) is 69.4 Å². The number of ether oxygens (including phenoxy) is 2. The van der Waals surface area contributed by atoms with Gasteiger partial charge in [-0.15, -0.1) is 6.42 Å². The quantitative estimate of drug-likeness (QED) is 0.432. The standard InChI is InChI=1S/C26H26FN5O4S/c1-3-8-36-22-15-29-19(14-30-22)20(33)12-16-4-5-18(27)17(11-16)25(2)21-13-26(21,37-24(28)31-25)23(34)32-6-9-35-10-7-32/h1,4-5,11,14-15,21H,6-10,12-13H2,2H3,(H2,28,31)/t21-,25+,26-/m0/s1. The van der Waals surface area contributed by atoms with Crippen LogP contribution in [0, 0.1) is 24.1 Å². The Morgan fingerprint density at radius 3 is 2.81 bits per heavy atom. The highest BCUT2D eigenvalue weighted by Gasteiger charge is 2.71. The van der Waals surface area contributed by atoms with Gasteiger partial charge in [0.2, 0.25) is 11.8 Å². The molecular weight excluding hydrogens is 497 g/mol. The highest BCUT2D eigenvalue weighted by atomic mass is 32.2. The fraction of sp³-hybridized carbons (Fsp3) is 0.423. The van der Waals surface area contributed by atoms with Crippen LogP contribution in [0.1, 0.15) is 35.0 Å². The van der Waals surface area contributed by atoms with Gasteiger partial charge in [-0.2, -0.15) is 0 Å². The lowest BCUT2D eigenvalue weighted by Crippen LogP contribution is -2.49. The second-order valence-electron chi connectivity index (χ2n) is 9.40. The van der Waals surface area contributed by atoms with Gasteiger partial charge >= 0.3 is 0 Å². The first-order valence-electron chi connectivity index (χ1n) is 11.9. The fourth-order valence-corrected chi connectivity index (χ4v) is 6.53. The number of nitrogens with zero attached hydrogens (tertiary/aromatic N) is 4. The van der Waals surface area contributed by atoms with Crippen LogP contribution in [0.3, 0.4) is 0 Å². The molecule has 2 fully saturated rings. The molecule has 0 unspecified atom stereocenters. The molecule has 192 valence electrons. The number of morpholine rings is 1. The SMILES string of the molecule is C#CCOc1cnc(C(=O)Cc2ccc(F)c([C@@]3(C)N=C(N)S[C@@]4(C(=O)N5CCOCC5)C[C@H]43)c2)cn1. The van der Waals surface area contributed by atoms with E-state index in [1.165, 1.54) is 30.2 Å². The van der Waals surface area contributed by atoms with Crippen LogP contribution in [0.15, 0.2) is 35.6 Å². The molecule has 37 heavy (non-hydrogen) atoms. The average Bonchev–Trinajstić information content (AvgIpc) is 3.65. The zero-order valence-electron chi connectivity index (χ0n) is 20.3. The lowest BCUT2D eigenvalue weighted by atomic mass is 9.84. The Morgan fingerprint density at radius 2 is 2.11 bits per heavy atom. The van der Waals surface area contributed by atoms with E-state index < -0.39 is 16.1 Å². The van der Waals surface area contributed by atoms with E-state index in [2.05, 4.69) is 20.9 Å². The number of amides is 1. The zero-order valence-corrected chi connectivity index (χ0v) is 21.1. The molecule has 1 saturated carbocycles. The molecule has 0 bridgehead atoms. The van der Waals surface area contributed by atoms with Gasteiger partial charge in [0.25, 0.3) is 0 Å². The maximum atomic E-state index is 15.2. The molecule has 9 nitrogen and oxygen atoms in total. The van der Waals surface area contributed by atoms with Gasteiger partial charge in [0.1, 0.15) is 16.3 Å². The molecule has 2 aromatic rings. The van der Waals surface area contributed by atoms with Crippen molar-refractivity contribution in [1.82, 2.24) is 14.9 Å². The number of terminal acetylenes is 1. The molecule has 11 heteroatoms. The molecule has 1 aromatic carbocycles. The van der Waals surface area contributed by atoms with E-state index in [-0.39, 0.29) is 47.4 Å². The molecule has 1 saturated heterocycles.